The van der Waals surface area contributed by atoms with E-state index < -0.39 is 9.22 Å². The van der Waals surface area contributed by atoms with Crippen molar-refractivity contribution in [1.29, 1.82) is 0 Å². The molecule has 0 unspecified atom stereocenters. The third kappa shape index (κ3) is 2.55. The van der Waals surface area contributed by atoms with E-state index in [1.807, 2.05) is 0 Å². The number of H-pyrrole nitrogens is 1. The lowest BCUT2D eigenvalue weighted by atomic mass is 10.2. The van der Waals surface area contributed by atoms with Crippen molar-refractivity contribution in [2.75, 3.05) is 0 Å². The summed E-state index contributed by atoms with van der Waals surface area (Å²) in [5, 5.41) is 0.578. The molecule has 0 bridgehead atoms. The number of halogens is 6. The predicted molar refractivity (Wildman–Crippen MR) is 78.8 cm³/mol. The Bertz CT molecular complexity index is 687. The van der Waals surface area contributed by atoms with Crippen molar-refractivity contribution < 1.29 is 0 Å². The molecule has 96 valence electrons. The molecule has 0 aliphatic carbocycles. The maximum Gasteiger partial charge on any atom is 0.232 e. The predicted octanol–water partition coefficient (Wildman–Crippen LogP) is 5.32. The third-order valence-electron chi connectivity index (χ3n) is 2.25. The van der Waals surface area contributed by atoms with Gasteiger partial charge in [-0.15, -0.1) is 0 Å². The van der Waals surface area contributed by atoms with Crippen LogP contribution in [-0.4, -0.2) is 4.98 Å². The molecule has 0 saturated heterocycles. The average Bonchev–Trinajstić information content (AvgIpc) is 2.22. The van der Waals surface area contributed by atoms with Gasteiger partial charge in [0.1, 0.15) is 5.02 Å². The maximum atomic E-state index is 12.1. The van der Waals surface area contributed by atoms with Gasteiger partial charge in [-0.2, -0.15) is 0 Å². The Morgan fingerprint density at radius 2 is 1.67 bits per heavy atom. The van der Waals surface area contributed by atoms with E-state index >= 15 is 0 Å². The summed E-state index contributed by atoms with van der Waals surface area (Å²) in [7, 11) is 0. The number of alkyl halides is 3. The smallest absolute Gasteiger partial charge is 0.232 e. The molecule has 2 rings (SSSR count). The van der Waals surface area contributed by atoms with E-state index in [0.29, 0.717) is 10.5 Å². The summed E-state index contributed by atoms with van der Waals surface area (Å²) in [6.45, 7) is 0. The largest absolute Gasteiger partial charge is 0.352 e. The summed E-state index contributed by atoms with van der Waals surface area (Å²) in [4.78, 5) is 14.8. The minimum atomic E-state index is -1.85. The standard InChI is InChI=1S/C10H3Cl6NO/c11-3-1-4-7(5(12)2-3)17-9(10(14,15)16)6(13)8(4)18/h1-2H,(H,17,18). The van der Waals surface area contributed by atoms with Crippen LogP contribution >= 0.6 is 69.6 Å². The first-order chi connectivity index (χ1) is 8.21. The van der Waals surface area contributed by atoms with Gasteiger partial charge >= 0.3 is 0 Å². The van der Waals surface area contributed by atoms with Crippen LogP contribution in [0, 0.1) is 0 Å². The van der Waals surface area contributed by atoms with Crippen LogP contribution in [0.4, 0.5) is 0 Å². The molecule has 2 aromatic rings. The number of aromatic nitrogens is 1. The second-order valence-corrected chi connectivity index (χ2v) is 6.95. The van der Waals surface area contributed by atoms with E-state index in [9.17, 15) is 4.79 Å². The molecule has 1 N–H and O–H groups in total. The van der Waals surface area contributed by atoms with Crippen molar-refractivity contribution in [2.24, 2.45) is 0 Å². The topological polar surface area (TPSA) is 32.9 Å². The first-order valence-electron chi connectivity index (χ1n) is 4.49. The van der Waals surface area contributed by atoms with Crippen molar-refractivity contribution in [3.05, 3.63) is 43.1 Å². The molecule has 2 nitrogen and oxygen atoms in total. The van der Waals surface area contributed by atoms with Gasteiger partial charge in [0, 0.05) is 5.02 Å². The highest BCUT2D eigenvalue weighted by molar-refractivity contribution is 6.67. The van der Waals surface area contributed by atoms with Gasteiger partial charge in [-0.25, -0.2) is 0 Å². The fourth-order valence-electron chi connectivity index (χ4n) is 1.49. The summed E-state index contributed by atoms with van der Waals surface area (Å²) in [5.41, 5.74) is -0.219. The monoisotopic (exact) mass is 363 g/mol. The lowest BCUT2D eigenvalue weighted by Gasteiger charge is -2.14. The van der Waals surface area contributed by atoms with Crippen molar-refractivity contribution in [3.8, 4) is 0 Å². The number of pyridine rings is 1. The molecule has 8 heteroatoms. The van der Waals surface area contributed by atoms with Crippen molar-refractivity contribution in [1.82, 2.24) is 4.98 Å². The summed E-state index contributed by atoms with van der Waals surface area (Å²) in [6, 6.07) is 2.91. The Balaban J connectivity index is 2.98. The first-order valence-corrected chi connectivity index (χ1v) is 6.76. The third-order valence-corrected chi connectivity index (χ3v) is 3.70. The number of rotatable bonds is 0. The van der Waals surface area contributed by atoms with Gasteiger partial charge < -0.3 is 4.98 Å². The van der Waals surface area contributed by atoms with Gasteiger partial charge in [0.2, 0.25) is 9.22 Å². The minimum absolute atomic E-state index is 0.0316. The van der Waals surface area contributed by atoms with Gasteiger partial charge in [-0.3, -0.25) is 4.79 Å². The molecule has 0 radical (unpaired) electrons. The van der Waals surface area contributed by atoms with Crippen LogP contribution in [-0.2, 0) is 3.79 Å². The van der Waals surface area contributed by atoms with Gasteiger partial charge in [0.15, 0.2) is 0 Å². The van der Waals surface area contributed by atoms with Crippen molar-refractivity contribution >= 4 is 80.5 Å². The highest BCUT2D eigenvalue weighted by Crippen LogP contribution is 2.40. The van der Waals surface area contributed by atoms with Gasteiger partial charge in [0.05, 0.1) is 21.6 Å². The first kappa shape index (κ1) is 14.6. The zero-order valence-corrected chi connectivity index (χ0v) is 12.9. The average molecular weight is 366 g/mol. The number of fused-ring (bicyclic) bond motifs is 1. The lowest BCUT2D eigenvalue weighted by molar-refractivity contribution is 1.11. The molecule has 0 fully saturated rings. The number of hydrogen-bond acceptors (Lipinski definition) is 1. The summed E-state index contributed by atoms with van der Waals surface area (Å²) in [6.07, 6.45) is 0. The molecule has 0 amide bonds. The second-order valence-electron chi connectivity index (χ2n) is 3.45. The minimum Gasteiger partial charge on any atom is -0.352 e. The van der Waals surface area contributed by atoms with E-state index in [1.54, 1.807) is 0 Å². The molecule has 0 atom stereocenters. The van der Waals surface area contributed by atoms with E-state index in [1.165, 1.54) is 12.1 Å². The van der Waals surface area contributed by atoms with Crippen LogP contribution in [0.2, 0.25) is 15.1 Å². The highest BCUT2D eigenvalue weighted by Gasteiger charge is 2.29. The van der Waals surface area contributed by atoms with Crippen LogP contribution in [0.1, 0.15) is 5.69 Å². The van der Waals surface area contributed by atoms with Crippen molar-refractivity contribution in [2.45, 2.75) is 3.79 Å². The summed E-state index contributed by atoms with van der Waals surface area (Å²) < 4.78 is -1.85. The molecule has 0 aliphatic heterocycles. The molecule has 1 aromatic carbocycles. The Labute approximate surface area is 132 Å². The Kier molecular flexibility index (Phi) is 3.99. The Hall–Kier alpha value is 0.170. The number of aromatic amines is 1. The van der Waals surface area contributed by atoms with E-state index in [-0.39, 0.29) is 21.1 Å². The maximum absolute atomic E-state index is 12.1. The van der Waals surface area contributed by atoms with E-state index in [0.717, 1.165) is 0 Å². The summed E-state index contributed by atoms with van der Waals surface area (Å²) in [5.74, 6) is 0. The molecule has 0 saturated carbocycles. The number of hydrogen-bond donors (Lipinski definition) is 1. The van der Waals surface area contributed by atoms with Crippen LogP contribution < -0.4 is 5.43 Å². The molecule has 1 aromatic heterocycles. The highest BCUT2D eigenvalue weighted by atomic mass is 35.6. The van der Waals surface area contributed by atoms with E-state index in [4.69, 9.17) is 69.6 Å². The van der Waals surface area contributed by atoms with E-state index in [2.05, 4.69) is 4.98 Å². The molecule has 0 aliphatic rings. The second kappa shape index (κ2) is 4.93. The van der Waals surface area contributed by atoms with Gasteiger partial charge in [-0.1, -0.05) is 69.6 Å². The van der Waals surface area contributed by atoms with Crippen LogP contribution in [0.5, 0.6) is 0 Å². The number of nitrogens with one attached hydrogen (secondary N) is 1. The molecular formula is C10H3Cl6NO. The van der Waals surface area contributed by atoms with Gasteiger partial charge in [-0.05, 0) is 12.1 Å². The number of benzene rings is 1. The quantitative estimate of drug-likeness (QED) is 0.630. The van der Waals surface area contributed by atoms with Crippen molar-refractivity contribution in [3.63, 3.8) is 0 Å². The summed E-state index contributed by atoms with van der Waals surface area (Å²) >= 11 is 34.9. The zero-order valence-electron chi connectivity index (χ0n) is 8.33. The Morgan fingerprint density at radius 1 is 1.06 bits per heavy atom. The normalized spacial score (nSPS) is 12.1. The molecule has 18 heavy (non-hydrogen) atoms. The van der Waals surface area contributed by atoms with Crippen LogP contribution in [0.15, 0.2) is 16.9 Å². The van der Waals surface area contributed by atoms with Crippen LogP contribution in [0.3, 0.4) is 0 Å². The lowest BCUT2D eigenvalue weighted by Crippen LogP contribution is -2.14. The fraction of sp³-hybridized carbons (Fsp3) is 0.100. The molecular weight excluding hydrogens is 363 g/mol. The zero-order chi connectivity index (χ0) is 13.7. The SMILES string of the molecule is O=c1c(Cl)c(C(Cl)(Cl)Cl)[nH]c2c(Cl)cc(Cl)cc12. The fourth-order valence-corrected chi connectivity index (χ4v) is 2.89. The molecule has 0 spiro atoms. The van der Waals surface area contributed by atoms with Crippen LogP contribution in [0.25, 0.3) is 10.9 Å². The Morgan fingerprint density at radius 3 is 2.22 bits per heavy atom. The van der Waals surface area contributed by atoms with Gasteiger partial charge in [0.25, 0.3) is 0 Å². The molecule has 1 heterocycles.